The van der Waals surface area contributed by atoms with Gasteiger partial charge in [0.15, 0.2) is 0 Å². The third-order valence-corrected chi connectivity index (χ3v) is 2.77. The number of nitrogens with zero attached hydrogens (tertiary/aromatic N) is 2. The predicted octanol–water partition coefficient (Wildman–Crippen LogP) is 2.54. The molecule has 2 aromatic rings. The molecule has 0 aromatic carbocycles. The fourth-order valence-electron chi connectivity index (χ4n) is 1.25. The van der Waals surface area contributed by atoms with E-state index in [9.17, 15) is 10.1 Å². The first kappa shape index (κ1) is 9.14. The molecule has 0 fully saturated rings. The number of nitro groups is 1. The van der Waals surface area contributed by atoms with Gasteiger partial charge in [0.25, 0.3) is 5.69 Å². The molecule has 0 aliphatic heterocycles. The monoisotopic (exact) mass is 255 g/mol. The second kappa shape index (κ2) is 3.06. The van der Waals surface area contributed by atoms with Gasteiger partial charge in [-0.2, -0.15) is 0 Å². The highest BCUT2D eigenvalue weighted by molar-refractivity contribution is 9.10. The summed E-state index contributed by atoms with van der Waals surface area (Å²) in [6.07, 6.45) is 1.35. The van der Waals surface area contributed by atoms with Crippen molar-refractivity contribution in [3.8, 4) is 0 Å². The van der Waals surface area contributed by atoms with Gasteiger partial charge in [0.1, 0.15) is 5.65 Å². The molecule has 1 N–H and O–H groups in total. The highest BCUT2D eigenvalue weighted by Crippen LogP contribution is 2.27. The minimum absolute atomic E-state index is 0.0493. The molecule has 0 unspecified atom stereocenters. The first-order chi connectivity index (χ1) is 6.59. The van der Waals surface area contributed by atoms with E-state index >= 15 is 0 Å². The van der Waals surface area contributed by atoms with Gasteiger partial charge >= 0.3 is 0 Å². The lowest BCUT2D eigenvalue weighted by Crippen LogP contribution is -1.87. The maximum absolute atomic E-state index is 10.6. The van der Waals surface area contributed by atoms with Crippen LogP contribution < -0.4 is 0 Å². The van der Waals surface area contributed by atoms with Crippen LogP contribution in [0.3, 0.4) is 0 Å². The fourth-order valence-corrected chi connectivity index (χ4v) is 1.57. The number of hydrogen-bond donors (Lipinski definition) is 1. The molecule has 5 nitrogen and oxygen atoms in total. The quantitative estimate of drug-likeness (QED) is 0.629. The second-order valence-corrected chi connectivity index (χ2v) is 3.74. The molecule has 0 saturated carbocycles. The Bertz CT molecular complexity index is 521. The van der Waals surface area contributed by atoms with Crippen LogP contribution in [0.1, 0.15) is 5.69 Å². The Morgan fingerprint density at radius 1 is 1.64 bits per heavy atom. The van der Waals surface area contributed by atoms with E-state index in [4.69, 9.17) is 0 Å². The highest BCUT2D eigenvalue weighted by Gasteiger charge is 2.15. The van der Waals surface area contributed by atoms with Gasteiger partial charge in [-0.25, -0.2) is 4.98 Å². The first-order valence-corrected chi connectivity index (χ1v) is 4.67. The van der Waals surface area contributed by atoms with Crippen molar-refractivity contribution in [1.82, 2.24) is 9.97 Å². The molecule has 2 heterocycles. The first-order valence-electron chi connectivity index (χ1n) is 3.88. The Morgan fingerprint density at radius 2 is 2.36 bits per heavy atom. The maximum atomic E-state index is 10.6. The van der Waals surface area contributed by atoms with Crippen molar-refractivity contribution in [1.29, 1.82) is 0 Å². The molecule has 0 aliphatic rings. The van der Waals surface area contributed by atoms with Crippen molar-refractivity contribution < 1.29 is 4.92 Å². The van der Waals surface area contributed by atoms with Gasteiger partial charge < -0.3 is 4.98 Å². The Morgan fingerprint density at radius 3 is 3.00 bits per heavy atom. The smallest absolute Gasteiger partial charge is 0.296 e. The molecule has 0 spiro atoms. The number of nitrogens with one attached hydrogen (secondary N) is 1. The van der Waals surface area contributed by atoms with E-state index in [1.165, 1.54) is 6.20 Å². The molecule has 0 aliphatic carbocycles. The third-order valence-electron chi connectivity index (χ3n) is 1.97. The van der Waals surface area contributed by atoms with Crippen molar-refractivity contribution in [2.45, 2.75) is 6.92 Å². The van der Waals surface area contributed by atoms with Crippen molar-refractivity contribution in [3.05, 3.63) is 32.5 Å². The van der Waals surface area contributed by atoms with Crippen LogP contribution in [0.5, 0.6) is 0 Å². The molecule has 72 valence electrons. The van der Waals surface area contributed by atoms with E-state index in [0.717, 1.165) is 10.2 Å². The summed E-state index contributed by atoms with van der Waals surface area (Å²) in [7, 11) is 0. The summed E-state index contributed by atoms with van der Waals surface area (Å²) in [6, 6.07) is 1.70. The third kappa shape index (κ3) is 1.27. The van der Waals surface area contributed by atoms with Crippen LogP contribution in [0.4, 0.5) is 5.69 Å². The van der Waals surface area contributed by atoms with Gasteiger partial charge in [-0.1, -0.05) is 0 Å². The van der Waals surface area contributed by atoms with Gasteiger partial charge in [0.05, 0.1) is 22.2 Å². The zero-order valence-corrected chi connectivity index (χ0v) is 8.83. The average Bonchev–Trinajstić information content (AvgIpc) is 2.48. The second-order valence-electron chi connectivity index (χ2n) is 2.88. The minimum Gasteiger partial charge on any atom is -0.340 e. The number of aromatic amines is 1. The fraction of sp³-hybridized carbons (Fsp3) is 0.125. The summed E-state index contributed by atoms with van der Waals surface area (Å²) in [4.78, 5) is 17.1. The molecule has 2 aromatic heterocycles. The zero-order chi connectivity index (χ0) is 10.3. The summed E-state index contributed by atoms with van der Waals surface area (Å²) >= 11 is 3.29. The molecule has 0 amide bonds. The van der Waals surface area contributed by atoms with E-state index in [-0.39, 0.29) is 5.69 Å². The molecule has 0 radical (unpaired) electrons. The number of rotatable bonds is 1. The van der Waals surface area contributed by atoms with Crippen molar-refractivity contribution in [3.63, 3.8) is 0 Å². The van der Waals surface area contributed by atoms with E-state index in [1.54, 1.807) is 6.07 Å². The van der Waals surface area contributed by atoms with E-state index in [2.05, 4.69) is 25.9 Å². The molecule has 2 rings (SSSR count). The number of hydrogen-bond acceptors (Lipinski definition) is 3. The minimum atomic E-state index is -0.428. The number of fused-ring (bicyclic) bond motifs is 1. The van der Waals surface area contributed by atoms with Crippen LogP contribution in [0.15, 0.2) is 16.7 Å². The van der Waals surface area contributed by atoms with Crippen LogP contribution in [-0.2, 0) is 0 Å². The van der Waals surface area contributed by atoms with Gasteiger partial charge in [-0.05, 0) is 28.9 Å². The summed E-state index contributed by atoms with van der Waals surface area (Å²) in [5.74, 6) is 0. The topological polar surface area (TPSA) is 71.8 Å². The normalized spacial score (nSPS) is 10.7. The van der Waals surface area contributed by atoms with Gasteiger partial charge in [0.2, 0.25) is 0 Å². The summed E-state index contributed by atoms with van der Waals surface area (Å²) in [5.41, 5.74) is 1.39. The summed E-state index contributed by atoms with van der Waals surface area (Å²) in [6.45, 7) is 1.83. The molecule has 0 atom stereocenters. The van der Waals surface area contributed by atoms with E-state index in [0.29, 0.717) is 11.0 Å². The van der Waals surface area contributed by atoms with Crippen LogP contribution in [-0.4, -0.2) is 14.9 Å². The van der Waals surface area contributed by atoms with Crippen LogP contribution >= 0.6 is 15.9 Å². The van der Waals surface area contributed by atoms with Crippen molar-refractivity contribution >= 4 is 32.7 Å². The lowest BCUT2D eigenvalue weighted by Gasteiger charge is -1.96. The molecule has 14 heavy (non-hydrogen) atoms. The van der Waals surface area contributed by atoms with Crippen LogP contribution in [0.25, 0.3) is 11.0 Å². The van der Waals surface area contributed by atoms with E-state index < -0.39 is 4.92 Å². The number of aromatic nitrogens is 2. The molecule has 0 saturated heterocycles. The Hall–Kier alpha value is -1.43. The van der Waals surface area contributed by atoms with Crippen molar-refractivity contribution in [2.75, 3.05) is 0 Å². The zero-order valence-electron chi connectivity index (χ0n) is 7.24. The van der Waals surface area contributed by atoms with Crippen LogP contribution in [0.2, 0.25) is 0 Å². The molecule has 6 heteroatoms. The largest absolute Gasteiger partial charge is 0.340 e. The lowest BCUT2D eigenvalue weighted by molar-refractivity contribution is -0.383. The Balaban J connectivity index is 2.80. The van der Waals surface area contributed by atoms with Crippen LogP contribution in [0, 0.1) is 17.0 Å². The average molecular weight is 256 g/mol. The highest BCUT2D eigenvalue weighted by atomic mass is 79.9. The lowest BCUT2D eigenvalue weighted by atomic mass is 10.3. The van der Waals surface area contributed by atoms with E-state index in [1.807, 2.05) is 6.92 Å². The molecular weight excluding hydrogens is 250 g/mol. The van der Waals surface area contributed by atoms with Gasteiger partial charge in [-0.15, -0.1) is 0 Å². The number of H-pyrrole nitrogens is 1. The number of pyridine rings is 1. The summed E-state index contributed by atoms with van der Waals surface area (Å²) in [5, 5.41) is 11.1. The van der Waals surface area contributed by atoms with Gasteiger partial charge in [0, 0.05) is 4.47 Å². The van der Waals surface area contributed by atoms with Crippen molar-refractivity contribution in [2.24, 2.45) is 0 Å². The summed E-state index contributed by atoms with van der Waals surface area (Å²) < 4.78 is 0.771. The Labute approximate surface area is 87.4 Å². The van der Waals surface area contributed by atoms with Gasteiger partial charge in [-0.3, -0.25) is 10.1 Å². The SMILES string of the molecule is Cc1nc2[nH]cc([N+](=O)[O-])c2cc1Br. The maximum Gasteiger partial charge on any atom is 0.296 e. The Kier molecular flexibility index (Phi) is 1.99. The standard InChI is InChI=1S/C8H6BrN3O2/c1-4-6(9)2-5-7(12(13)14)3-10-8(5)11-4/h2-3H,1H3,(H,10,11). The predicted molar refractivity (Wildman–Crippen MR) is 55.2 cm³/mol. The molecular formula is C8H6BrN3O2. The molecule has 0 bridgehead atoms. The number of aryl methyl sites for hydroxylation is 1. The number of halogens is 1.